The highest BCUT2D eigenvalue weighted by Crippen LogP contribution is 2.10. The zero-order valence-corrected chi connectivity index (χ0v) is 9.12. The zero-order chi connectivity index (χ0) is 10.6. The number of aromatic nitrogens is 2. The Labute approximate surface area is 85.2 Å². The van der Waals surface area contributed by atoms with Crippen LogP contribution in [0.25, 0.3) is 0 Å². The van der Waals surface area contributed by atoms with Crippen LogP contribution in [0.4, 0.5) is 5.95 Å². The van der Waals surface area contributed by atoms with Crippen molar-refractivity contribution in [2.75, 3.05) is 18.0 Å². The predicted octanol–water partition coefficient (Wildman–Crippen LogP) is 1.09. The van der Waals surface area contributed by atoms with Gasteiger partial charge in [0.1, 0.15) is 0 Å². The average molecular weight is 194 g/mol. The molecule has 2 N–H and O–H groups in total. The van der Waals surface area contributed by atoms with E-state index in [0.29, 0.717) is 6.54 Å². The molecule has 0 radical (unpaired) electrons. The second kappa shape index (κ2) is 4.91. The first-order chi connectivity index (χ1) is 6.72. The van der Waals surface area contributed by atoms with Gasteiger partial charge in [-0.1, -0.05) is 0 Å². The molecule has 0 aliphatic rings. The van der Waals surface area contributed by atoms with Crippen LogP contribution in [0.15, 0.2) is 6.20 Å². The van der Waals surface area contributed by atoms with Crippen molar-refractivity contribution in [2.24, 2.45) is 5.73 Å². The Morgan fingerprint density at radius 1 is 1.36 bits per heavy atom. The number of anilines is 1. The molecule has 0 spiro atoms. The van der Waals surface area contributed by atoms with E-state index < -0.39 is 0 Å². The summed E-state index contributed by atoms with van der Waals surface area (Å²) in [5.41, 5.74) is 7.54. The molecule has 0 saturated heterocycles. The highest BCUT2D eigenvalue weighted by Gasteiger charge is 2.06. The predicted molar refractivity (Wildman–Crippen MR) is 58.2 cm³/mol. The van der Waals surface area contributed by atoms with Crippen LogP contribution in [0, 0.1) is 6.92 Å². The lowest BCUT2D eigenvalue weighted by Crippen LogP contribution is -2.24. The summed E-state index contributed by atoms with van der Waals surface area (Å²) >= 11 is 0. The summed E-state index contributed by atoms with van der Waals surface area (Å²) in [4.78, 5) is 10.8. The van der Waals surface area contributed by atoms with Crippen molar-refractivity contribution in [1.82, 2.24) is 9.97 Å². The lowest BCUT2D eigenvalue weighted by molar-refractivity contribution is 0.808. The van der Waals surface area contributed by atoms with Gasteiger partial charge in [-0.15, -0.1) is 0 Å². The Balaban J connectivity index is 2.95. The monoisotopic (exact) mass is 194 g/mol. The molecule has 0 amide bonds. The van der Waals surface area contributed by atoms with E-state index in [1.165, 1.54) is 0 Å². The van der Waals surface area contributed by atoms with E-state index in [-0.39, 0.29) is 0 Å². The number of hydrogen-bond donors (Lipinski definition) is 1. The van der Waals surface area contributed by atoms with Gasteiger partial charge in [0.15, 0.2) is 0 Å². The highest BCUT2D eigenvalue weighted by molar-refractivity contribution is 5.32. The second-order valence-corrected chi connectivity index (χ2v) is 3.16. The molecule has 4 nitrogen and oxygen atoms in total. The standard InChI is InChI=1S/C10H18N4/c1-4-14(5-2)10-12-7-9(6-11)8(3)13-10/h7H,4-6,11H2,1-3H3. The van der Waals surface area contributed by atoms with Gasteiger partial charge >= 0.3 is 0 Å². The van der Waals surface area contributed by atoms with Crippen LogP contribution < -0.4 is 10.6 Å². The summed E-state index contributed by atoms with van der Waals surface area (Å²) in [6.07, 6.45) is 1.82. The van der Waals surface area contributed by atoms with Gasteiger partial charge in [0.2, 0.25) is 5.95 Å². The number of rotatable bonds is 4. The molecule has 0 aliphatic carbocycles. The van der Waals surface area contributed by atoms with Crippen LogP contribution in [0.2, 0.25) is 0 Å². The summed E-state index contributed by atoms with van der Waals surface area (Å²) in [6, 6.07) is 0. The van der Waals surface area contributed by atoms with Crippen molar-refractivity contribution in [3.8, 4) is 0 Å². The Kier molecular flexibility index (Phi) is 3.83. The van der Waals surface area contributed by atoms with Crippen LogP contribution in [0.1, 0.15) is 25.1 Å². The van der Waals surface area contributed by atoms with Crippen molar-refractivity contribution >= 4 is 5.95 Å². The zero-order valence-electron chi connectivity index (χ0n) is 9.12. The number of nitrogens with zero attached hydrogens (tertiary/aromatic N) is 3. The molecular formula is C10H18N4. The highest BCUT2D eigenvalue weighted by atomic mass is 15.2. The molecule has 1 heterocycles. The molecule has 4 heteroatoms. The van der Waals surface area contributed by atoms with Gasteiger partial charge in [-0.25, -0.2) is 9.97 Å². The fraction of sp³-hybridized carbons (Fsp3) is 0.600. The van der Waals surface area contributed by atoms with E-state index in [4.69, 9.17) is 5.73 Å². The van der Waals surface area contributed by atoms with E-state index in [9.17, 15) is 0 Å². The molecule has 0 bridgehead atoms. The van der Waals surface area contributed by atoms with Crippen molar-refractivity contribution in [3.05, 3.63) is 17.5 Å². The van der Waals surface area contributed by atoms with Gasteiger partial charge in [0.05, 0.1) is 0 Å². The van der Waals surface area contributed by atoms with E-state index in [1.54, 1.807) is 0 Å². The molecule has 0 saturated carbocycles. The molecule has 0 atom stereocenters. The largest absolute Gasteiger partial charge is 0.341 e. The fourth-order valence-electron chi connectivity index (χ4n) is 1.34. The smallest absolute Gasteiger partial charge is 0.225 e. The van der Waals surface area contributed by atoms with E-state index >= 15 is 0 Å². The van der Waals surface area contributed by atoms with Crippen LogP contribution in [0.5, 0.6) is 0 Å². The van der Waals surface area contributed by atoms with Crippen molar-refractivity contribution in [3.63, 3.8) is 0 Å². The summed E-state index contributed by atoms with van der Waals surface area (Å²) in [7, 11) is 0. The number of nitrogens with two attached hydrogens (primary N) is 1. The lowest BCUT2D eigenvalue weighted by Gasteiger charge is -2.19. The molecular weight excluding hydrogens is 176 g/mol. The minimum atomic E-state index is 0.504. The molecule has 1 aromatic rings. The van der Waals surface area contributed by atoms with E-state index in [0.717, 1.165) is 30.3 Å². The normalized spacial score (nSPS) is 10.3. The summed E-state index contributed by atoms with van der Waals surface area (Å²) in [6.45, 7) is 8.52. The first-order valence-corrected chi connectivity index (χ1v) is 5.00. The lowest BCUT2D eigenvalue weighted by atomic mass is 10.2. The first-order valence-electron chi connectivity index (χ1n) is 5.00. The maximum Gasteiger partial charge on any atom is 0.225 e. The fourth-order valence-corrected chi connectivity index (χ4v) is 1.34. The molecule has 78 valence electrons. The quantitative estimate of drug-likeness (QED) is 0.779. The second-order valence-electron chi connectivity index (χ2n) is 3.16. The van der Waals surface area contributed by atoms with Crippen molar-refractivity contribution in [1.29, 1.82) is 0 Å². The van der Waals surface area contributed by atoms with Gasteiger partial charge < -0.3 is 10.6 Å². The molecule has 0 unspecified atom stereocenters. The van der Waals surface area contributed by atoms with Crippen LogP contribution in [-0.4, -0.2) is 23.1 Å². The number of aryl methyl sites for hydroxylation is 1. The molecule has 0 aliphatic heterocycles. The van der Waals surface area contributed by atoms with Crippen LogP contribution in [-0.2, 0) is 6.54 Å². The maximum atomic E-state index is 5.55. The first kappa shape index (κ1) is 10.9. The van der Waals surface area contributed by atoms with Gasteiger partial charge in [-0.3, -0.25) is 0 Å². The Morgan fingerprint density at radius 3 is 2.43 bits per heavy atom. The van der Waals surface area contributed by atoms with E-state index in [1.807, 2.05) is 13.1 Å². The van der Waals surface area contributed by atoms with Crippen molar-refractivity contribution < 1.29 is 0 Å². The summed E-state index contributed by atoms with van der Waals surface area (Å²) < 4.78 is 0. The Morgan fingerprint density at radius 2 is 2.00 bits per heavy atom. The third-order valence-corrected chi connectivity index (χ3v) is 2.33. The topological polar surface area (TPSA) is 55.0 Å². The van der Waals surface area contributed by atoms with Crippen molar-refractivity contribution in [2.45, 2.75) is 27.3 Å². The minimum Gasteiger partial charge on any atom is -0.341 e. The Bertz CT molecular complexity index is 294. The van der Waals surface area contributed by atoms with Crippen LogP contribution >= 0.6 is 0 Å². The minimum absolute atomic E-state index is 0.504. The van der Waals surface area contributed by atoms with Gasteiger partial charge in [-0.2, -0.15) is 0 Å². The molecule has 0 fully saturated rings. The molecule has 0 aromatic carbocycles. The van der Waals surface area contributed by atoms with Crippen LogP contribution in [0.3, 0.4) is 0 Å². The summed E-state index contributed by atoms with van der Waals surface area (Å²) in [5, 5.41) is 0. The SMILES string of the molecule is CCN(CC)c1ncc(CN)c(C)n1. The maximum absolute atomic E-state index is 5.55. The third-order valence-electron chi connectivity index (χ3n) is 2.33. The number of hydrogen-bond acceptors (Lipinski definition) is 4. The van der Waals surface area contributed by atoms with Gasteiger partial charge in [0.25, 0.3) is 0 Å². The average Bonchev–Trinajstić information content (AvgIpc) is 2.20. The summed E-state index contributed by atoms with van der Waals surface area (Å²) in [5.74, 6) is 0.796. The van der Waals surface area contributed by atoms with Gasteiger partial charge in [-0.05, 0) is 20.8 Å². The van der Waals surface area contributed by atoms with E-state index in [2.05, 4.69) is 28.7 Å². The third kappa shape index (κ3) is 2.20. The Hall–Kier alpha value is -1.16. The molecule has 1 rings (SSSR count). The van der Waals surface area contributed by atoms with Gasteiger partial charge in [0, 0.05) is 37.1 Å². The molecule has 1 aromatic heterocycles. The molecule has 14 heavy (non-hydrogen) atoms.